The number of nitrogens with two attached hydrogens (primary N) is 1. The molecule has 1 aromatic rings. The number of hydrogen-bond acceptors (Lipinski definition) is 5. The van der Waals surface area contributed by atoms with E-state index in [2.05, 4.69) is 4.74 Å². The van der Waals surface area contributed by atoms with Crippen molar-refractivity contribution in [3.63, 3.8) is 0 Å². The Morgan fingerprint density at radius 2 is 1.91 bits per heavy atom. The predicted molar refractivity (Wildman–Crippen MR) is 78.6 cm³/mol. The van der Waals surface area contributed by atoms with E-state index in [9.17, 15) is 18.8 Å². The SMILES string of the molecule is CC(=O)Cc1ccc(F)c([C@@](C)(N)CC(=O)COC(C)=O)c1. The van der Waals surface area contributed by atoms with Crippen molar-refractivity contribution in [2.24, 2.45) is 5.73 Å². The second kappa shape index (κ2) is 7.26. The van der Waals surface area contributed by atoms with E-state index in [1.807, 2.05) is 0 Å². The van der Waals surface area contributed by atoms with E-state index in [0.29, 0.717) is 5.56 Å². The molecule has 0 radical (unpaired) electrons. The average Bonchev–Trinajstić information content (AvgIpc) is 2.37. The van der Waals surface area contributed by atoms with Gasteiger partial charge in [-0.3, -0.25) is 14.4 Å². The Morgan fingerprint density at radius 3 is 2.45 bits per heavy atom. The largest absolute Gasteiger partial charge is 0.458 e. The molecule has 0 fully saturated rings. The maximum Gasteiger partial charge on any atom is 0.303 e. The van der Waals surface area contributed by atoms with Gasteiger partial charge in [0.05, 0.1) is 0 Å². The standard InChI is InChI=1S/C16H20FNO4/c1-10(19)6-12-4-5-15(17)14(7-12)16(3,18)8-13(21)9-22-11(2)20/h4-5,7H,6,8-9,18H2,1-3H3/t16-/m0/s1. The minimum Gasteiger partial charge on any atom is -0.458 e. The molecule has 6 heteroatoms. The molecule has 120 valence electrons. The van der Waals surface area contributed by atoms with Crippen LogP contribution in [0.4, 0.5) is 4.39 Å². The van der Waals surface area contributed by atoms with Gasteiger partial charge in [0, 0.05) is 30.9 Å². The molecule has 1 rings (SSSR count). The van der Waals surface area contributed by atoms with Crippen molar-refractivity contribution < 1.29 is 23.5 Å². The summed E-state index contributed by atoms with van der Waals surface area (Å²) in [6.45, 7) is 3.76. The van der Waals surface area contributed by atoms with Crippen LogP contribution in [0.15, 0.2) is 18.2 Å². The van der Waals surface area contributed by atoms with Gasteiger partial charge in [-0.2, -0.15) is 0 Å². The maximum absolute atomic E-state index is 14.0. The van der Waals surface area contributed by atoms with Crippen molar-refractivity contribution >= 4 is 17.5 Å². The summed E-state index contributed by atoms with van der Waals surface area (Å²) in [5.74, 6) is -1.57. The summed E-state index contributed by atoms with van der Waals surface area (Å²) in [5, 5.41) is 0. The molecule has 0 aliphatic carbocycles. The molecule has 5 nitrogen and oxygen atoms in total. The first-order chi connectivity index (χ1) is 10.1. The van der Waals surface area contributed by atoms with E-state index < -0.39 is 29.7 Å². The first kappa shape index (κ1) is 18.0. The molecule has 2 N–H and O–H groups in total. The van der Waals surface area contributed by atoms with Gasteiger partial charge in [-0.25, -0.2) is 4.39 Å². The Morgan fingerprint density at radius 1 is 1.27 bits per heavy atom. The van der Waals surface area contributed by atoms with Crippen molar-refractivity contribution in [3.8, 4) is 0 Å². The Hall–Kier alpha value is -2.08. The number of rotatable bonds is 7. The summed E-state index contributed by atoms with van der Waals surface area (Å²) in [7, 11) is 0. The molecule has 0 saturated heterocycles. The summed E-state index contributed by atoms with van der Waals surface area (Å²) in [6, 6.07) is 4.24. The van der Waals surface area contributed by atoms with Gasteiger partial charge in [0.25, 0.3) is 0 Å². The second-order valence-corrected chi connectivity index (χ2v) is 5.61. The van der Waals surface area contributed by atoms with Crippen LogP contribution in [-0.2, 0) is 31.1 Å². The zero-order valence-electron chi connectivity index (χ0n) is 12.9. The molecular formula is C16H20FNO4. The number of Topliss-reactive ketones (excluding diaryl/α,β-unsaturated/α-hetero) is 2. The van der Waals surface area contributed by atoms with Crippen molar-refractivity contribution in [2.75, 3.05) is 6.61 Å². The van der Waals surface area contributed by atoms with E-state index in [1.165, 1.54) is 39.0 Å². The van der Waals surface area contributed by atoms with Gasteiger partial charge in [0.1, 0.15) is 18.2 Å². The number of ketones is 2. The first-order valence-electron chi connectivity index (χ1n) is 6.84. The second-order valence-electron chi connectivity index (χ2n) is 5.61. The molecule has 0 aromatic heterocycles. The summed E-state index contributed by atoms with van der Waals surface area (Å²) >= 11 is 0. The molecule has 1 atom stereocenters. The van der Waals surface area contributed by atoms with Gasteiger partial charge < -0.3 is 10.5 Å². The normalized spacial score (nSPS) is 13.3. The van der Waals surface area contributed by atoms with Gasteiger partial charge in [0.2, 0.25) is 0 Å². The third-order valence-electron chi connectivity index (χ3n) is 3.10. The zero-order valence-corrected chi connectivity index (χ0v) is 12.9. The monoisotopic (exact) mass is 309 g/mol. The molecule has 0 saturated carbocycles. The molecule has 0 heterocycles. The molecule has 1 aromatic carbocycles. The highest BCUT2D eigenvalue weighted by atomic mass is 19.1. The average molecular weight is 309 g/mol. The number of hydrogen-bond donors (Lipinski definition) is 1. The summed E-state index contributed by atoms with van der Waals surface area (Å²) in [4.78, 5) is 33.6. The molecule has 0 amide bonds. The number of halogens is 1. The fourth-order valence-electron chi connectivity index (χ4n) is 2.15. The van der Waals surface area contributed by atoms with Gasteiger partial charge >= 0.3 is 5.97 Å². The van der Waals surface area contributed by atoms with Crippen LogP contribution in [0.25, 0.3) is 0 Å². The van der Waals surface area contributed by atoms with Crippen LogP contribution < -0.4 is 5.73 Å². The highest BCUT2D eigenvalue weighted by Gasteiger charge is 2.28. The molecule has 0 aliphatic rings. The van der Waals surface area contributed by atoms with Crippen LogP contribution in [0, 0.1) is 5.82 Å². The number of benzene rings is 1. The number of ether oxygens (including phenoxy) is 1. The molecule has 0 unspecified atom stereocenters. The van der Waals surface area contributed by atoms with Crippen LogP contribution in [0.1, 0.15) is 38.3 Å². The Kier molecular flexibility index (Phi) is 5.93. The van der Waals surface area contributed by atoms with Gasteiger partial charge in [-0.05, 0) is 25.5 Å². The smallest absolute Gasteiger partial charge is 0.303 e. The van der Waals surface area contributed by atoms with E-state index in [1.54, 1.807) is 0 Å². The fraction of sp³-hybridized carbons (Fsp3) is 0.438. The van der Waals surface area contributed by atoms with Crippen LogP contribution in [-0.4, -0.2) is 24.1 Å². The number of carbonyl (C=O) groups is 3. The molecule has 0 aliphatic heterocycles. The van der Waals surface area contributed by atoms with Crippen LogP contribution in [0.5, 0.6) is 0 Å². The van der Waals surface area contributed by atoms with E-state index in [-0.39, 0.29) is 24.2 Å². The van der Waals surface area contributed by atoms with Crippen molar-refractivity contribution in [1.82, 2.24) is 0 Å². The molecule has 0 spiro atoms. The van der Waals surface area contributed by atoms with Crippen LogP contribution in [0.3, 0.4) is 0 Å². The molecular weight excluding hydrogens is 289 g/mol. The lowest BCUT2D eigenvalue weighted by Crippen LogP contribution is -2.37. The van der Waals surface area contributed by atoms with Crippen molar-refractivity contribution in [1.29, 1.82) is 0 Å². The third-order valence-corrected chi connectivity index (χ3v) is 3.10. The minimum absolute atomic E-state index is 0.0535. The number of carbonyl (C=O) groups excluding carboxylic acids is 3. The molecule has 0 bridgehead atoms. The maximum atomic E-state index is 14.0. The van der Waals surface area contributed by atoms with E-state index in [0.717, 1.165) is 0 Å². The third kappa shape index (κ3) is 5.37. The number of esters is 1. The van der Waals surface area contributed by atoms with Gasteiger partial charge in [0.15, 0.2) is 5.78 Å². The minimum atomic E-state index is -1.26. The van der Waals surface area contributed by atoms with Crippen LogP contribution >= 0.6 is 0 Å². The fourth-order valence-corrected chi connectivity index (χ4v) is 2.15. The zero-order chi connectivity index (χ0) is 16.9. The van der Waals surface area contributed by atoms with Gasteiger partial charge in [-0.15, -0.1) is 0 Å². The summed E-state index contributed by atoms with van der Waals surface area (Å²) < 4.78 is 18.6. The summed E-state index contributed by atoms with van der Waals surface area (Å²) in [6.07, 6.45) is -0.00845. The Labute approximate surface area is 128 Å². The van der Waals surface area contributed by atoms with Crippen molar-refractivity contribution in [3.05, 3.63) is 35.1 Å². The van der Waals surface area contributed by atoms with Gasteiger partial charge in [-0.1, -0.05) is 12.1 Å². The highest BCUT2D eigenvalue weighted by Crippen LogP contribution is 2.26. The lowest BCUT2D eigenvalue weighted by Gasteiger charge is -2.25. The topological polar surface area (TPSA) is 86.5 Å². The lowest BCUT2D eigenvalue weighted by atomic mass is 9.86. The van der Waals surface area contributed by atoms with E-state index >= 15 is 0 Å². The van der Waals surface area contributed by atoms with Crippen molar-refractivity contribution in [2.45, 2.75) is 39.2 Å². The molecule has 22 heavy (non-hydrogen) atoms. The predicted octanol–water partition coefficient (Wildman–Crippen LogP) is 1.65. The quantitative estimate of drug-likeness (QED) is 0.774. The first-order valence-corrected chi connectivity index (χ1v) is 6.84. The summed E-state index contributed by atoms with van der Waals surface area (Å²) in [5.41, 5.74) is 5.59. The Bertz CT molecular complexity index is 596. The Balaban J connectivity index is 2.93. The lowest BCUT2D eigenvalue weighted by molar-refractivity contribution is -0.146. The van der Waals surface area contributed by atoms with Crippen LogP contribution in [0.2, 0.25) is 0 Å². The van der Waals surface area contributed by atoms with E-state index in [4.69, 9.17) is 5.73 Å². The highest BCUT2D eigenvalue weighted by molar-refractivity contribution is 5.83.